The van der Waals surface area contributed by atoms with Crippen molar-refractivity contribution in [2.75, 3.05) is 33.4 Å². The van der Waals surface area contributed by atoms with E-state index in [9.17, 15) is 0 Å². The SMILES string of the molecule is CN(CCOCCO)Cc1ccnc(C#N)c1. The number of aliphatic hydroxyl groups excluding tert-OH is 1. The quantitative estimate of drug-likeness (QED) is 0.692. The Morgan fingerprint density at radius 1 is 1.53 bits per heavy atom. The summed E-state index contributed by atoms with van der Waals surface area (Å²) in [5, 5.41) is 17.3. The highest BCUT2D eigenvalue weighted by Gasteiger charge is 2.01. The third kappa shape index (κ3) is 5.41. The molecular formula is C12H17N3O2. The van der Waals surface area contributed by atoms with Gasteiger partial charge in [0.1, 0.15) is 11.8 Å². The highest BCUT2D eigenvalue weighted by molar-refractivity contribution is 5.25. The topological polar surface area (TPSA) is 69.4 Å². The number of nitrogens with zero attached hydrogens (tertiary/aromatic N) is 3. The zero-order valence-electron chi connectivity index (χ0n) is 9.96. The number of aromatic nitrogens is 1. The van der Waals surface area contributed by atoms with E-state index >= 15 is 0 Å². The van der Waals surface area contributed by atoms with Crippen LogP contribution in [0.15, 0.2) is 18.3 Å². The Morgan fingerprint density at radius 3 is 3.06 bits per heavy atom. The van der Waals surface area contributed by atoms with Gasteiger partial charge in [-0.15, -0.1) is 0 Å². The molecule has 1 heterocycles. The van der Waals surface area contributed by atoms with Gasteiger partial charge in [-0.1, -0.05) is 0 Å². The molecule has 92 valence electrons. The van der Waals surface area contributed by atoms with Crippen LogP contribution in [0.2, 0.25) is 0 Å². The van der Waals surface area contributed by atoms with Crippen LogP contribution >= 0.6 is 0 Å². The molecule has 0 saturated carbocycles. The molecule has 0 radical (unpaired) electrons. The minimum atomic E-state index is 0.0552. The van der Waals surface area contributed by atoms with Crippen LogP contribution in [-0.4, -0.2) is 48.4 Å². The summed E-state index contributed by atoms with van der Waals surface area (Å²) in [5.41, 5.74) is 1.49. The van der Waals surface area contributed by atoms with Gasteiger partial charge >= 0.3 is 0 Å². The van der Waals surface area contributed by atoms with Crippen LogP contribution in [0.4, 0.5) is 0 Å². The second kappa shape index (κ2) is 7.74. The third-order valence-electron chi connectivity index (χ3n) is 2.24. The zero-order chi connectivity index (χ0) is 12.5. The van der Waals surface area contributed by atoms with Crippen molar-refractivity contribution in [2.24, 2.45) is 0 Å². The van der Waals surface area contributed by atoms with E-state index in [1.165, 1.54) is 0 Å². The average molecular weight is 235 g/mol. The number of pyridine rings is 1. The number of hydrogen-bond acceptors (Lipinski definition) is 5. The Morgan fingerprint density at radius 2 is 2.35 bits per heavy atom. The third-order valence-corrected chi connectivity index (χ3v) is 2.24. The van der Waals surface area contributed by atoms with Crippen molar-refractivity contribution in [3.63, 3.8) is 0 Å². The van der Waals surface area contributed by atoms with Gasteiger partial charge in [0.25, 0.3) is 0 Å². The van der Waals surface area contributed by atoms with Crippen molar-refractivity contribution in [3.05, 3.63) is 29.6 Å². The number of likely N-dealkylation sites (N-methyl/N-ethyl adjacent to an activating group) is 1. The maximum atomic E-state index is 8.73. The predicted octanol–water partition coefficient (Wildman–Crippen LogP) is 0.394. The molecule has 0 aliphatic carbocycles. The highest BCUT2D eigenvalue weighted by atomic mass is 16.5. The van der Waals surface area contributed by atoms with Crippen LogP contribution in [0.3, 0.4) is 0 Å². The van der Waals surface area contributed by atoms with Gasteiger partial charge < -0.3 is 9.84 Å². The van der Waals surface area contributed by atoms with Gasteiger partial charge in [-0.3, -0.25) is 4.90 Å². The molecule has 0 bridgehead atoms. The summed E-state index contributed by atoms with van der Waals surface area (Å²) in [4.78, 5) is 6.01. The highest BCUT2D eigenvalue weighted by Crippen LogP contribution is 2.04. The van der Waals surface area contributed by atoms with Gasteiger partial charge in [-0.25, -0.2) is 4.98 Å². The molecule has 0 saturated heterocycles. The van der Waals surface area contributed by atoms with E-state index in [4.69, 9.17) is 15.1 Å². The summed E-state index contributed by atoms with van der Waals surface area (Å²) in [6, 6.07) is 5.70. The van der Waals surface area contributed by atoms with Crippen molar-refractivity contribution in [2.45, 2.75) is 6.54 Å². The minimum absolute atomic E-state index is 0.0552. The van der Waals surface area contributed by atoms with Crippen LogP contribution in [0.1, 0.15) is 11.3 Å². The Balaban J connectivity index is 2.34. The normalized spacial score (nSPS) is 10.5. The van der Waals surface area contributed by atoms with E-state index in [2.05, 4.69) is 9.88 Å². The van der Waals surface area contributed by atoms with Crippen molar-refractivity contribution >= 4 is 0 Å². The molecule has 0 aromatic carbocycles. The molecule has 0 fully saturated rings. The second-order valence-corrected chi connectivity index (χ2v) is 3.73. The van der Waals surface area contributed by atoms with E-state index in [0.717, 1.165) is 18.7 Å². The molecule has 1 aromatic heterocycles. The molecule has 0 unspecified atom stereocenters. The number of aliphatic hydroxyl groups is 1. The Labute approximate surface area is 101 Å². The monoisotopic (exact) mass is 235 g/mol. The van der Waals surface area contributed by atoms with Gasteiger partial charge in [0.05, 0.1) is 19.8 Å². The molecule has 1 aromatic rings. The maximum Gasteiger partial charge on any atom is 0.140 e. The Bertz CT molecular complexity index is 376. The lowest BCUT2D eigenvalue weighted by molar-refractivity contribution is 0.0773. The summed E-state index contributed by atoms with van der Waals surface area (Å²) in [7, 11) is 1.98. The molecule has 1 N–H and O–H groups in total. The van der Waals surface area contributed by atoms with Crippen LogP contribution in [-0.2, 0) is 11.3 Å². The molecular weight excluding hydrogens is 218 g/mol. The van der Waals surface area contributed by atoms with Gasteiger partial charge in [-0.2, -0.15) is 5.26 Å². The summed E-state index contributed by atoms with van der Waals surface area (Å²) in [6.45, 7) is 2.55. The van der Waals surface area contributed by atoms with E-state index in [1.54, 1.807) is 12.3 Å². The van der Waals surface area contributed by atoms with E-state index < -0.39 is 0 Å². The van der Waals surface area contributed by atoms with Crippen molar-refractivity contribution < 1.29 is 9.84 Å². The van der Waals surface area contributed by atoms with E-state index in [1.807, 2.05) is 19.2 Å². The van der Waals surface area contributed by atoms with Crippen molar-refractivity contribution in [1.82, 2.24) is 9.88 Å². The van der Waals surface area contributed by atoms with Gasteiger partial charge in [0.15, 0.2) is 0 Å². The minimum Gasteiger partial charge on any atom is -0.394 e. The van der Waals surface area contributed by atoms with E-state index in [0.29, 0.717) is 18.9 Å². The fourth-order valence-corrected chi connectivity index (χ4v) is 1.41. The Kier molecular flexibility index (Phi) is 6.18. The first-order valence-electron chi connectivity index (χ1n) is 5.48. The molecule has 0 amide bonds. The van der Waals surface area contributed by atoms with Crippen molar-refractivity contribution in [1.29, 1.82) is 5.26 Å². The summed E-state index contributed by atoms with van der Waals surface area (Å²) in [6.07, 6.45) is 1.64. The second-order valence-electron chi connectivity index (χ2n) is 3.73. The Hall–Kier alpha value is -1.48. The lowest BCUT2D eigenvalue weighted by Gasteiger charge is -2.16. The first-order valence-corrected chi connectivity index (χ1v) is 5.48. The summed E-state index contributed by atoms with van der Waals surface area (Å²) >= 11 is 0. The predicted molar refractivity (Wildman–Crippen MR) is 63.2 cm³/mol. The van der Waals surface area contributed by atoms with Gasteiger partial charge in [0, 0.05) is 19.3 Å². The fraction of sp³-hybridized carbons (Fsp3) is 0.500. The fourth-order valence-electron chi connectivity index (χ4n) is 1.41. The smallest absolute Gasteiger partial charge is 0.140 e. The average Bonchev–Trinajstić information content (AvgIpc) is 2.35. The number of hydrogen-bond donors (Lipinski definition) is 1. The van der Waals surface area contributed by atoms with Gasteiger partial charge in [0.2, 0.25) is 0 Å². The lowest BCUT2D eigenvalue weighted by atomic mass is 10.2. The molecule has 1 rings (SSSR count). The van der Waals surface area contributed by atoms with Gasteiger partial charge in [-0.05, 0) is 24.7 Å². The molecule has 0 aliphatic rings. The molecule has 17 heavy (non-hydrogen) atoms. The van der Waals surface area contributed by atoms with Crippen LogP contribution in [0.5, 0.6) is 0 Å². The van der Waals surface area contributed by atoms with Crippen molar-refractivity contribution in [3.8, 4) is 6.07 Å². The maximum absolute atomic E-state index is 8.73. The first kappa shape index (κ1) is 13.6. The summed E-state index contributed by atoms with van der Waals surface area (Å²) in [5.74, 6) is 0. The zero-order valence-corrected chi connectivity index (χ0v) is 9.96. The van der Waals surface area contributed by atoms with Crippen LogP contribution in [0.25, 0.3) is 0 Å². The summed E-state index contributed by atoms with van der Waals surface area (Å²) < 4.78 is 5.18. The van der Waals surface area contributed by atoms with Crippen LogP contribution < -0.4 is 0 Å². The molecule has 5 heteroatoms. The molecule has 5 nitrogen and oxygen atoms in total. The number of ether oxygens (including phenoxy) is 1. The molecule has 0 atom stereocenters. The molecule has 0 aliphatic heterocycles. The standard InChI is InChI=1S/C12H17N3O2/c1-15(4-6-17-7-5-16)10-11-2-3-14-12(8-11)9-13/h2-3,8,16H,4-7,10H2,1H3. The first-order chi connectivity index (χ1) is 8.26. The van der Waals surface area contributed by atoms with Crippen LogP contribution in [0, 0.1) is 11.3 Å². The number of rotatable bonds is 7. The molecule has 0 spiro atoms. The lowest BCUT2D eigenvalue weighted by Crippen LogP contribution is -2.23. The van der Waals surface area contributed by atoms with E-state index in [-0.39, 0.29) is 6.61 Å². The largest absolute Gasteiger partial charge is 0.394 e. The number of nitriles is 1.